The SMILES string of the molecule is O=C(Nc1cccc(NC(=O)C23CC4CC(CC(C4)C2)C3)c1)c1ccccc1O. The number of rotatable bonds is 4. The Balaban J connectivity index is 1.30. The van der Waals surface area contributed by atoms with Crippen LogP contribution in [-0.4, -0.2) is 16.9 Å². The maximum atomic E-state index is 13.2. The Hall–Kier alpha value is -2.82. The lowest BCUT2D eigenvalue weighted by Crippen LogP contribution is -2.51. The van der Waals surface area contributed by atoms with Crippen LogP contribution in [0.5, 0.6) is 5.75 Å². The van der Waals surface area contributed by atoms with Gasteiger partial charge in [0.05, 0.1) is 11.0 Å². The molecule has 0 heterocycles. The molecular weight excluding hydrogens is 364 g/mol. The van der Waals surface area contributed by atoms with E-state index in [1.165, 1.54) is 25.3 Å². The van der Waals surface area contributed by atoms with E-state index in [0.717, 1.165) is 37.0 Å². The number of benzene rings is 2. The van der Waals surface area contributed by atoms with Crippen molar-refractivity contribution in [3.63, 3.8) is 0 Å². The summed E-state index contributed by atoms with van der Waals surface area (Å²) in [7, 11) is 0. The Labute approximate surface area is 170 Å². The highest BCUT2D eigenvalue weighted by molar-refractivity contribution is 6.06. The van der Waals surface area contributed by atoms with Gasteiger partial charge >= 0.3 is 0 Å². The van der Waals surface area contributed by atoms with Gasteiger partial charge in [-0.2, -0.15) is 0 Å². The zero-order valence-electron chi connectivity index (χ0n) is 16.4. The molecule has 6 rings (SSSR count). The van der Waals surface area contributed by atoms with Crippen LogP contribution in [0.15, 0.2) is 48.5 Å². The number of anilines is 2. The molecule has 29 heavy (non-hydrogen) atoms. The summed E-state index contributed by atoms with van der Waals surface area (Å²) in [5, 5.41) is 15.8. The van der Waals surface area contributed by atoms with Gasteiger partial charge in [0.25, 0.3) is 5.91 Å². The second-order valence-electron chi connectivity index (χ2n) is 9.20. The molecule has 0 saturated heterocycles. The second kappa shape index (κ2) is 6.90. The summed E-state index contributed by atoms with van der Waals surface area (Å²) in [5.74, 6) is 1.85. The largest absolute Gasteiger partial charge is 0.507 e. The third-order valence-corrected chi connectivity index (χ3v) is 7.05. The number of hydrogen-bond acceptors (Lipinski definition) is 3. The number of amides is 2. The van der Waals surface area contributed by atoms with Crippen molar-refractivity contribution in [1.82, 2.24) is 0 Å². The zero-order valence-corrected chi connectivity index (χ0v) is 16.4. The van der Waals surface area contributed by atoms with Crippen molar-refractivity contribution >= 4 is 23.2 Å². The van der Waals surface area contributed by atoms with E-state index in [4.69, 9.17) is 0 Å². The van der Waals surface area contributed by atoms with E-state index >= 15 is 0 Å². The van der Waals surface area contributed by atoms with Gasteiger partial charge in [-0.15, -0.1) is 0 Å². The van der Waals surface area contributed by atoms with Gasteiger partial charge in [-0.1, -0.05) is 18.2 Å². The molecule has 2 aromatic rings. The minimum atomic E-state index is -0.382. The number of phenols is 1. The summed E-state index contributed by atoms with van der Waals surface area (Å²) in [6, 6.07) is 13.7. The number of phenolic OH excluding ortho intramolecular Hbond substituents is 1. The van der Waals surface area contributed by atoms with E-state index < -0.39 is 0 Å². The van der Waals surface area contributed by atoms with Crippen molar-refractivity contribution in [2.24, 2.45) is 23.2 Å². The molecule has 0 aromatic heterocycles. The number of aromatic hydroxyl groups is 1. The quantitative estimate of drug-likeness (QED) is 0.702. The Morgan fingerprint density at radius 3 is 2.03 bits per heavy atom. The monoisotopic (exact) mass is 390 g/mol. The van der Waals surface area contributed by atoms with Gasteiger partial charge in [-0.3, -0.25) is 9.59 Å². The van der Waals surface area contributed by atoms with E-state index in [9.17, 15) is 14.7 Å². The highest BCUT2D eigenvalue weighted by Gasteiger charge is 2.54. The fraction of sp³-hybridized carbons (Fsp3) is 0.417. The minimum absolute atomic E-state index is 0.0590. The average Bonchev–Trinajstić information content (AvgIpc) is 2.67. The topological polar surface area (TPSA) is 78.4 Å². The van der Waals surface area contributed by atoms with Crippen molar-refractivity contribution in [1.29, 1.82) is 0 Å². The summed E-state index contributed by atoms with van der Waals surface area (Å²) in [4.78, 5) is 25.7. The first-order valence-corrected chi connectivity index (χ1v) is 10.5. The molecule has 4 aliphatic rings. The van der Waals surface area contributed by atoms with Crippen molar-refractivity contribution in [2.45, 2.75) is 38.5 Å². The van der Waals surface area contributed by atoms with E-state index in [-0.39, 0.29) is 28.5 Å². The van der Waals surface area contributed by atoms with Crippen LogP contribution in [0.1, 0.15) is 48.9 Å². The number of carbonyl (C=O) groups is 2. The van der Waals surface area contributed by atoms with Gasteiger partial charge in [0.1, 0.15) is 5.75 Å². The number of nitrogens with one attached hydrogen (secondary N) is 2. The third kappa shape index (κ3) is 3.39. The Kier molecular flexibility index (Phi) is 4.34. The molecule has 5 nitrogen and oxygen atoms in total. The zero-order chi connectivity index (χ0) is 20.0. The fourth-order valence-corrected chi connectivity index (χ4v) is 6.19. The Bertz CT molecular complexity index is 933. The third-order valence-electron chi connectivity index (χ3n) is 7.05. The van der Waals surface area contributed by atoms with Crippen molar-refractivity contribution in [3.05, 3.63) is 54.1 Å². The van der Waals surface area contributed by atoms with E-state index in [0.29, 0.717) is 11.4 Å². The second-order valence-corrected chi connectivity index (χ2v) is 9.20. The predicted molar refractivity (Wildman–Crippen MR) is 112 cm³/mol. The summed E-state index contributed by atoms with van der Waals surface area (Å²) >= 11 is 0. The number of carbonyl (C=O) groups excluding carboxylic acids is 2. The molecule has 0 aliphatic heterocycles. The molecule has 2 aromatic carbocycles. The fourth-order valence-electron chi connectivity index (χ4n) is 6.19. The molecule has 0 unspecified atom stereocenters. The maximum Gasteiger partial charge on any atom is 0.259 e. The van der Waals surface area contributed by atoms with Gasteiger partial charge < -0.3 is 15.7 Å². The molecule has 150 valence electrons. The molecule has 0 spiro atoms. The first kappa shape index (κ1) is 18.2. The van der Waals surface area contributed by atoms with Gasteiger partial charge in [-0.05, 0) is 86.6 Å². The van der Waals surface area contributed by atoms with Gasteiger partial charge in [-0.25, -0.2) is 0 Å². The minimum Gasteiger partial charge on any atom is -0.507 e. The first-order valence-electron chi connectivity index (χ1n) is 10.5. The Morgan fingerprint density at radius 2 is 1.41 bits per heavy atom. The number of para-hydroxylation sites is 1. The molecular formula is C24H26N2O3. The summed E-state index contributed by atoms with van der Waals surface area (Å²) in [5.41, 5.74) is 1.29. The van der Waals surface area contributed by atoms with Crippen LogP contribution in [0.3, 0.4) is 0 Å². The molecule has 2 amide bonds. The molecule has 4 fully saturated rings. The molecule has 5 heteroatoms. The molecule has 0 radical (unpaired) electrons. The van der Waals surface area contributed by atoms with Crippen molar-refractivity contribution in [3.8, 4) is 5.75 Å². The highest BCUT2D eigenvalue weighted by atomic mass is 16.3. The van der Waals surface area contributed by atoms with Crippen LogP contribution in [0.2, 0.25) is 0 Å². The molecule has 0 atom stereocenters. The molecule has 4 saturated carbocycles. The predicted octanol–water partition coefficient (Wildman–Crippen LogP) is 4.80. The summed E-state index contributed by atoms with van der Waals surface area (Å²) in [6.07, 6.45) is 6.98. The van der Waals surface area contributed by atoms with Crippen LogP contribution in [0, 0.1) is 23.2 Å². The van der Waals surface area contributed by atoms with Crippen LogP contribution >= 0.6 is 0 Å². The van der Waals surface area contributed by atoms with E-state index in [2.05, 4.69) is 10.6 Å². The van der Waals surface area contributed by atoms with Gasteiger partial charge in [0.15, 0.2) is 0 Å². The standard InChI is InChI=1S/C24H26N2O3/c27-21-7-2-1-6-20(21)22(28)25-18-4-3-5-19(11-18)26-23(29)24-12-15-8-16(13-24)10-17(9-15)14-24/h1-7,11,15-17,27H,8-10,12-14H2,(H,25,28)(H,26,29). The Morgan fingerprint density at radius 1 is 0.828 bits per heavy atom. The lowest BCUT2D eigenvalue weighted by Gasteiger charge is -2.55. The first-order chi connectivity index (χ1) is 14.0. The van der Waals surface area contributed by atoms with E-state index in [1.807, 2.05) is 12.1 Å². The van der Waals surface area contributed by atoms with Gasteiger partial charge in [0.2, 0.25) is 5.91 Å². The molecule has 4 bridgehead atoms. The maximum absolute atomic E-state index is 13.2. The van der Waals surface area contributed by atoms with Crippen LogP contribution in [-0.2, 0) is 4.79 Å². The normalized spacial score (nSPS) is 29.4. The molecule has 4 aliphatic carbocycles. The van der Waals surface area contributed by atoms with Crippen molar-refractivity contribution in [2.75, 3.05) is 10.6 Å². The van der Waals surface area contributed by atoms with Crippen LogP contribution < -0.4 is 10.6 Å². The van der Waals surface area contributed by atoms with Crippen LogP contribution in [0.25, 0.3) is 0 Å². The van der Waals surface area contributed by atoms with E-state index in [1.54, 1.807) is 30.3 Å². The highest BCUT2D eigenvalue weighted by Crippen LogP contribution is 2.60. The average molecular weight is 390 g/mol. The summed E-state index contributed by atoms with van der Waals surface area (Å²) in [6.45, 7) is 0. The molecule has 3 N–H and O–H groups in total. The van der Waals surface area contributed by atoms with Crippen LogP contribution in [0.4, 0.5) is 11.4 Å². The number of hydrogen-bond donors (Lipinski definition) is 3. The summed E-state index contributed by atoms with van der Waals surface area (Å²) < 4.78 is 0. The van der Waals surface area contributed by atoms with Gasteiger partial charge in [0, 0.05) is 11.4 Å². The van der Waals surface area contributed by atoms with Crippen molar-refractivity contribution < 1.29 is 14.7 Å². The lowest BCUT2D eigenvalue weighted by atomic mass is 9.49. The smallest absolute Gasteiger partial charge is 0.259 e. The lowest BCUT2D eigenvalue weighted by molar-refractivity contribution is -0.140.